The number of hydrogen-bond donors (Lipinski definition) is 1. The number of amides is 1. The number of piperidine rings is 1. The molecule has 0 atom stereocenters. The van der Waals surface area contributed by atoms with E-state index in [-0.39, 0.29) is 17.1 Å². The number of pyridine rings is 1. The number of aryl methyl sites for hydroxylation is 1. The van der Waals surface area contributed by atoms with E-state index in [2.05, 4.69) is 30.0 Å². The summed E-state index contributed by atoms with van der Waals surface area (Å²) >= 11 is 0. The van der Waals surface area contributed by atoms with Crippen LogP contribution < -0.4 is 15.0 Å². The number of carbonyl (C=O) groups is 1. The summed E-state index contributed by atoms with van der Waals surface area (Å²) in [7, 11) is 0. The standard InChI is InChI=1S/C24H28F2N8O2/c1-3-34-13-17(12-28-34)22-30-20(29-19-10-18(4-7-27-19)36-23(25)26)11-21(31-22)33-14-24(15-33)5-8-32(9-6-24)16(2)35/h4,7,10-13,23H,3,5-6,8-9,14-15H2,1-2H3,(H,27,29,30,31). The van der Waals surface area contributed by atoms with Gasteiger partial charge in [0.1, 0.15) is 23.2 Å². The second-order valence-corrected chi connectivity index (χ2v) is 9.26. The van der Waals surface area contributed by atoms with Gasteiger partial charge >= 0.3 is 6.61 Å². The average Bonchev–Trinajstić information content (AvgIpc) is 3.32. The molecule has 0 aromatic carbocycles. The maximum atomic E-state index is 12.6. The molecule has 12 heteroatoms. The zero-order valence-corrected chi connectivity index (χ0v) is 20.2. The molecule has 0 radical (unpaired) electrons. The summed E-state index contributed by atoms with van der Waals surface area (Å²) in [6, 6.07) is 4.59. The van der Waals surface area contributed by atoms with Crippen molar-refractivity contribution in [1.82, 2.24) is 29.6 Å². The van der Waals surface area contributed by atoms with E-state index < -0.39 is 6.61 Å². The minimum absolute atomic E-state index is 0.00260. The Morgan fingerprint density at radius 2 is 1.97 bits per heavy atom. The Labute approximate surface area is 207 Å². The number of likely N-dealkylation sites (tertiary alicyclic amines) is 1. The van der Waals surface area contributed by atoms with Gasteiger partial charge in [0.2, 0.25) is 5.91 Å². The first-order valence-electron chi connectivity index (χ1n) is 11.9. The number of nitrogens with zero attached hydrogens (tertiary/aromatic N) is 7. The third kappa shape index (κ3) is 5.07. The highest BCUT2D eigenvalue weighted by Gasteiger charge is 2.45. The molecule has 0 bridgehead atoms. The van der Waals surface area contributed by atoms with E-state index >= 15 is 0 Å². The van der Waals surface area contributed by atoms with Crippen molar-refractivity contribution in [3.05, 3.63) is 36.8 Å². The summed E-state index contributed by atoms with van der Waals surface area (Å²) in [5, 5.41) is 7.43. The van der Waals surface area contributed by atoms with E-state index in [1.807, 2.05) is 24.1 Å². The number of rotatable bonds is 7. The van der Waals surface area contributed by atoms with Gasteiger partial charge in [-0.25, -0.2) is 15.0 Å². The van der Waals surface area contributed by atoms with Crippen molar-refractivity contribution >= 4 is 23.4 Å². The Hall–Kier alpha value is -3.83. The Bertz CT molecular complexity index is 1230. The molecule has 1 amide bonds. The van der Waals surface area contributed by atoms with Crippen LogP contribution in [0.4, 0.5) is 26.2 Å². The largest absolute Gasteiger partial charge is 0.435 e. The van der Waals surface area contributed by atoms with Gasteiger partial charge in [-0.05, 0) is 25.8 Å². The van der Waals surface area contributed by atoms with Gasteiger partial charge in [0.15, 0.2) is 5.82 Å². The highest BCUT2D eigenvalue weighted by molar-refractivity contribution is 5.73. The molecule has 2 aliphatic rings. The first-order chi connectivity index (χ1) is 17.3. The van der Waals surface area contributed by atoms with Crippen molar-refractivity contribution in [2.45, 2.75) is 39.8 Å². The van der Waals surface area contributed by atoms with Gasteiger partial charge in [-0.1, -0.05) is 0 Å². The van der Waals surface area contributed by atoms with Crippen LogP contribution in [-0.2, 0) is 11.3 Å². The predicted molar refractivity (Wildman–Crippen MR) is 129 cm³/mol. The molecule has 1 spiro atoms. The molecule has 0 saturated carbocycles. The molecule has 5 heterocycles. The monoisotopic (exact) mass is 498 g/mol. The summed E-state index contributed by atoms with van der Waals surface area (Å²) in [5.74, 6) is 2.19. The van der Waals surface area contributed by atoms with Crippen LogP contribution in [0.5, 0.6) is 5.75 Å². The molecule has 0 aliphatic carbocycles. The number of ether oxygens (including phenoxy) is 1. The van der Waals surface area contributed by atoms with E-state index in [0.717, 1.165) is 56.9 Å². The van der Waals surface area contributed by atoms with E-state index in [9.17, 15) is 13.6 Å². The highest BCUT2D eigenvalue weighted by atomic mass is 19.3. The molecular formula is C24H28F2N8O2. The first-order valence-corrected chi connectivity index (χ1v) is 11.9. The molecule has 0 unspecified atom stereocenters. The van der Waals surface area contributed by atoms with Crippen LogP contribution in [-0.4, -0.2) is 68.3 Å². The highest BCUT2D eigenvalue weighted by Crippen LogP contribution is 2.42. The molecule has 1 N–H and O–H groups in total. The van der Waals surface area contributed by atoms with E-state index in [1.165, 1.54) is 18.3 Å². The minimum Gasteiger partial charge on any atom is -0.435 e. The SMILES string of the molecule is CCn1cc(-c2nc(Nc3cc(OC(F)F)ccn3)cc(N3CC4(CCN(C(C)=O)CC4)C3)n2)cn1. The lowest BCUT2D eigenvalue weighted by atomic mass is 9.72. The summed E-state index contributed by atoms with van der Waals surface area (Å²) in [6.45, 7) is 4.67. The number of hydrogen-bond acceptors (Lipinski definition) is 8. The van der Waals surface area contributed by atoms with Crippen molar-refractivity contribution in [3.8, 4) is 17.1 Å². The lowest BCUT2D eigenvalue weighted by Crippen LogP contribution is -2.61. The maximum Gasteiger partial charge on any atom is 0.387 e. The van der Waals surface area contributed by atoms with Gasteiger partial charge in [-0.3, -0.25) is 9.48 Å². The summed E-state index contributed by atoms with van der Waals surface area (Å²) in [4.78, 5) is 29.4. The van der Waals surface area contributed by atoms with Crippen molar-refractivity contribution in [3.63, 3.8) is 0 Å². The molecule has 36 heavy (non-hydrogen) atoms. The predicted octanol–water partition coefficient (Wildman–Crippen LogP) is 3.55. The summed E-state index contributed by atoms with van der Waals surface area (Å²) in [5.41, 5.74) is 0.953. The van der Waals surface area contributed by atoms with Crippen molar-refractivity contribution in [2.75, 3.05) is 36.4 Å². The number of aromatic nitrogens is 5. The van der Waals surface area contributed by atoms with Gasteiger partial charge in [0.05, 0.1) is 11.8 Å². The van der Waals surface area contributed by atoms with Crippen LogP contribution in [0.3, 0.4) is 0 Å². The molecule has 190 valence electrons. The second-order valence-electron chi connectivity index (χ2n) is 9.26. The van der Waals surface area contributed by atoms with E-state index in [1.54, 1.807) is 17.8 Å². The fourth-order valence-corrected chi connectivity index (χ4v) is 4.77. The molecule has 5 rings (SSSR count). The Kier molecular flexibility index (Phi) is 6.42. The van der Waals surface area contributed by atoms with Gasteiger partial charge in [-0.2, -0.15) is 13.9 Å². The average molecular weight is 499 g/mol. The number of halogens is 2. The maximum absolute atomic E-state index is 12.6. The molecule has 3 aromatic heterocycles. The fraction of sp³-hybridized carbons (Fsp3) is 0.458. The third-order valence-electron chi connectivity index (χ3n) is 6.79. The van der Waals surface area contributed by atoms with Crippen LogP contribution in [0.2, 0.25) is 0 Å². The van der Waals surface area contributed by atoms with E-state index in [4.69, 9.17) is 4.98 Å². The second kappa shape index (κ2) is 9.67. The zero-order chi connectivity index (χ0) is 25.3. The number of anilines is 3. The summed E-state index contributed by atoms with van der Waals surface area (Å²) < 4.78 is 31.6. The van der Waals surface area contributed by atoms with Crippen LogP contribution in [0, 0.1) is 5.41 Å². The third-order valence-corrected chi connectivity index (χ3v) is 6.79. The lowest BCUT2D eigenvalue weighted by molar-refractivity contribution is -0.131. The normalized spacial score (nSPS) is 16.8. The number of carbonyl (C=O) groups excluding carboxylic acids is 1. The molecule has 2 saturated heterocycles. The lowest BCUT2D eigenvalue weighted by Gasteiger charge is -2.54. The van der Waals surface area contributed by atoms with Gasteiger partial charge in [-0.15, -0.1) is 0 Å². The molecular weight excluding hydrogens is 470 g/mol. The van der Waals surface area contributed by atoms with Crippen LogP contribution in [0.1, 0.15) is 26.7 Å². The quantitative estimate of drug-likeness (QED) is 0.528. The topological polar surface area (TPSA) is 101 Å². The fourth-order valence-electron chi connectivity index (χ4n) is 4.77. The Balaban J connectivity index is 1.39. The van der Waals surface area contributed by atoms with Crippen molar-refractivity contribution < 1.29 is 18.3 Å². The van der Waals surface area contributed by atoms with Crippen molar-refractivity contribution in [1.29, 1.82) is 0 Å². The zero-order valence-electron chi connectivity index (χ0n) is 20.2. The van der Waals surface area contributed by atoms with Gasteiger partial charge in [0, 0.05) is 69.6 Å². The number of alkyl halides is 2. The number of nitrogens with one attached hydrogen (secondary N) is 1. The molecule has 3 aromatic rings. The van der Waals surface area contributed by atoms with Crippen LogP contribution in [0.15, 0.2) is 36.8 Å². The molecule has 10 nitrogen and oxygen atoms in total. The van der Waals surface area contributed by atoms with Gasteiger partial charge in [0.25, 0.3) is 0 Å². The van der Waals surface area contributed by atoms with Crippen LogP contribution >= 0.6 is 0 Å². The Morgan fingerprint density at radius 1 is 1.19 bits per heavy atom. The molecule has 2 fully saturated rings. The Morgan fingerprint density at radius 3 is 2.64 bits per heavy atom. The molecule has 2 aliphatic heterocycles. The van der Waals surface area contributed by atoms with E-state index in [0.29, 0.717) is 17.5 Å². The van der Waals surface area contributed by atoms with Crippen LogP contribution in [0.25, 0.3) is 11.4 Å². The van der Waals surface area contributed by atoms with Gasteiger partial charge < -0.3 is 19.9 Å². The van der Waals surface area contributed by atoms with Crippen molar-refractivity contribution in [2.24, 2.45) is 5.41 Å². The smallest absolute Gasteiger partial charge is 0.387 e. The summed E-state index contributed by atoms with van der Waals surface area (Å²) in [6.07, 6.45) is 6.93. The minimum atomic E-state index is -2.92. The first kappa shape index (κ1) is 23.9.